The minimum Gasteiger partial charge on any atom is -0.444 e. The molecule has 2 aromatic heterocycles. The van der Waals surface area contributed by atoms with Crippen LogP contribution < -0.4 is 5.32 Å². The van der Waals surface area contributed by atoms with Crippen LogP contribution in [0.2, 0.25) is 0 Å². The molecule has 4 bridgehead atoms. The number of aliphatic hydroxyl groups is 1. The summed E-state index contributed by atoms with van der Waals surface area (Å²) in [4.78, 5) is 31.6. The summed E-state index contributed by atoms with van der Waals surface area (Å²) in [6.45, 7) is 4.34. The van der Waals surface area contributed by atoms with Crippen molar-refractivity contribution in [2.75, 3.05) is 11.9 Å². The molecule has 2 aliphatic rings. The van der Waals surface area contributed by atoms with Crippen molar-refractivity contribution in [1.29, 1.82) is 5.26 Å². The quantitative estimate of drug-likeness (QED) is 0.356. The Hall–Kier alpha value is -3.94. The Morgan fingerprint density at radius 1 is 1.09 bits per heavy atom. The molecule has 1 atom stereocenters. The molecular formula is C28H32F6N6O5. The van der Waals surface area contributed by atoms with Crippen molar-refractivity contribution in [3.63, 3.8) is 0 Å². The molecule has 11 nitrogen and oxygen atoms in total. The number of nitrogens with one attached hydrogen (secondary N) is 1. The Kier molecular flexibility index (Phi) is 9.39. The second kappa shape index (κ2) is 12.5. The van der Waals surface area contributed by atoms with Crippen LogP contribution in [-0.2, 0) is 16.5 Å². The molecule has 0 radical (unpaired) electrons. The first-order valence-corrected chi connectivity index (χ1v) is 14.3. The summed E-state index contributed by atoms with van der Waals surface area (Å²) in [6, 6.07) is 1.98. The number of hydrogen-bond donors (Lipinski definition) is 2. The van der Waals surface area contributed by atoms with E-state index in [1.165, 1.54) is 25.7 Å². The number of anilines is 1. The molecule has 45 heavy (non-hydrogen) atoms. The Bertz CT molecular complexity index is 1460. The fourth-order valence-corrected chi connectivity index (χ4v) is 5.36. The number of pyridine rings is 1. The lowest BCUT2D eigenvalue weighted by Crippen LogP contribution is -2.44. The van der Waals surface area contributed by atoms with Crippen molar-refractivity contribution in [3.05, 3.63) is 23.2 Å². The van der Waals surface area contributed by atoms with E-state index < -0.39 is 82.4 Å². The SMILES string of the molecule is CC(C)(C)OC(=O)Nc1cc(C(F)(F)F)c2nc1-c1nnc(o1)[C@@](O)(C(F)(F)F)CCCCCN(C1CCC(C#N)CC1)C2=O. The molecule has 4 rings (SSSR count). The summed E-state index contributed by atoms with van der Waals surface area (Å²) >= 11 is 0. The van der Waals surface area contributed by atoms with Gasteiger partial charge in [-0.05, 0) is 71.8 Å². The first-order valence-electron chi connectivity index (χ1n) is 14.3. The first-order chi connectivity index (χ1) is 20.8. The molecular weight excluding hydrogens is 614 g/mol. The lowest BCUT2D eigenvalue weighted by Gasteiger charge is -2.36. The molecule has 1 saturated carbocycles. The number of nitriles is 1. The van der Waals surface area contributed by atoms with E-state index in [1.54, 1.807) is 0 Å². The molecule has 0 saturated heterocycles. The fraction of sp³-hybridized carbons (Fsp3) is 0.643. The van der Waals surface area contributed by atoms with Gasteiger partial charge in [0.15, 0.2) is 5.69 Å². The van der Waals surface area contributed by atoms with Crippen LogP contribution in [0.25, 0.3) is 11.6 Å². The van der Waals surface area contributed by atoms with Gasteiger partial charge in [-0.25, -0.2) is 9.78 Å². The lowest BCUT2D eigenvalue weighted by atomic mass is 9.86. The van der Waals surface area contributed by atoms with E-state index in [0.29, 0.717) is 31.7 Å². The van der Waals surface area contributed by atoms with Gasteiger partial charge in [0, 0.05) is 18.5 Å². The third kappa shape index (κ3) is 7.48. The van der Waals surface area contributed by atoms with Crippen LogP contribution in [0.1, 0.15) is 94.1 Å². The summed E-state index contributed by atoms with van der Waals surface area (Å²) in [5.74, 6) is -3.55. The molecule has 1 aliphatic carbocycles. The van der Waals surface area contributed by atoms with E-state index in [2.05, 4.69) is 26.6 Å². The van der Waals surface area contributed by atoms with Crippen LogP contribution in [0.5, 0.6) is 0 Å². The van der Waals surface area contributed by atoms with E-state index in [1.807, 2.05) is 0 Å². The average molecular weight is 647 g/mol. The molecule has 0 unspecified atom stereocenters. The molecule has 2 N–H and O–H groups in total. The van der Waals surface area contributed by atoms with Crippen LogP contribution >= 0.6 is 0 Å². The maximum atomic E-state index is 14.5. The zero-order chi connectivity index (χ0) is 33.4. The molecule has 17 heteroatoms. The number of alkyl halides is 6. The van der Waals surface area contributed by atoms with Gasteiger partial charge in [-0.1, -0.05) is 6.42 Å². The zero-order valence-corrected chi connectivity index (χ0v) is 24.7. The Morgan fingerprint density at radius 3 is 2.33 bits per heavy atom. The van der Waals surface area contributed by atoms with E-state index in [9.17, 15) is 46.3 Å². The molecule has 1 fully saturated rings. The highest BCUT2D eigenvalue weighted by Gasteiger charge is 2.58. The maximum Gasteiger partial charge on any atom is 0.426 e. The second-order valence-electron chi connectivity index (χ2n) is 12.1. The Balaban J connectivity index is 1.92. The van der Waals surface area contributed by atoms with Crippen LogP contribution in [0.3, 0.4) is 0 Å². The Morgan fingerprint density at radius 2 is 1.76 bits per heavy atom. The highest BCUT2D eigenvalue weighted by Crippen LogP contribution is 2.44. The minimum absolute atomic E-state index is 0.0697. The van der Waals surface area contributed by atoms with Gasteiger partial charge in [-0.3, -0.25) is 10.1 Å². The first kappa shape index (κ1) is 33.9. The van der Waals surface area contributed by atoms with Crippen molar-refractivity contribution < 1.29 is 50.2 Å². The molecule has 1 aliphatic heterocycles. The molecule has 3 heterocycles. The minimum atomic E-state index is -5.27. The van der Waals surface area contributed by atoms with Gasteiger partial charge < -0.3 is 19.2 Å². The number of carbonyl (C=O) groups excluding carboxylic acids is 2. The predicted octanol–water partition coefficient (Wildman–Crippen LogP) is 6.35. The van der Waals surface area contributed by atoms with Crippen molar-refractivity contribution >= 4 is 17.7 Å². The Labute approximate surface area is 253 Å². The van der Waals surface area contributed by atoms with E-state index in [-0.39, 0.29) is 31.7 Å². The number of rotatable bonds is 2. The molecule has 0 aromatic carbocycles. The van der Waals surface area contributed by atoms with Crippen molar-refractivity contribution in [3.8, 4) is 17.7 Å². The van der Waals surface area contributed by atoms with Crippen molar-refractivity contribution in [2.45, 2.75) is 102 Å². The zero-order valence-electron chi connectivity index (χ0n) is 24.7. The van der Waals surface area contributed by atoms with Crippen LogP contribution in [0.15, 0.2) is 10.5 Å². The summed E-state index contributed by atoms with van der Waals surface area (Å²) in [7, 11) is 0. The number of nitrogens with zero attached hydrogens (tertiary/aromatic N) is 5. The van der Waals surface area contributed by atoms with Crippen LogP contribution in [-0.4, -0.2) is 61.6 Å². The van der Waals surface area contributed by atoms with Crippen LogP contribution in [0, 0.1) is 17.2 Å². The summed E-state index contributed by atoms with van der Waals surface area (Å²) in [5.41, 5.74) is -8.81. The number of aromatic nitrogens is 3. The van der Waals surface area contributed by atoms with Gasteiger partial charge in [0.05, 0.1) is 17.3 Å². The lowest BCUT2D eigenvalue weighted by molar-refractivity contribution is -0.277. The highest BCUT2D eigenvalue weighted by molar-refractivity contribution is 5.97. The summed E-state index contributed by atoms with van der Waals surface area (Å²) < 4.78 is 96.1. The third-order valence-electron chi connectivity index (χ3n) is 7.63. The fourth-order valence-electron chi connectivity index (χ4n) is 5.36. The second-order valence-corrected chi connectivity index (χ2v) is 12.1. The van der Waals surface area contributed by atoms with E-state index >= 15 is 0 Å². The standard InChI is InChI=1S/C28H32F6N6O5/c1-25(2,3)45-24(42)36-18-13-17(27(29,30)31)19-22(41)40(16-9-7-15(14-35)8-10-16)12-6-4-5-11-26(43,28(32,33)34)23-39-38-21(44-23)20(18)37-19/h13,15-16,43H,4-12H2,1-3H3,(H,36,42)/t15?,16?,26-/m1/s1. The molecule has 0 spiro atoms. The summed E-state index contributed by atoms with van der Waals surface area (Å²) in [5, 5.41) is 28.9. The number of amides is 2. The van der Waals surface area contributed by atoms with Gasteiger partial charge in [0.25, 0.3) is 17.7 Å². The van der Waals surface area contributed by atoms with Gasteiger partial charge in [-0.2, -0.15) is 31.6 Å². The smallest absolute Gasteiger partial charge is 0.426 e. The highest BCUT2D eigenvalue weighted by atomic mass is 19.4. The normalized spacial score (nSPS) is 23.6. The number of hydrogen-bond acceptors (Lipinski definition) is 9. The van der Waals surface area contributed by atoms with E-state index in [0.717, 1.165) is 0 Å². The molecule has 2 amide bonds. The number of ether oxygens (including phenoxy) is 1. The largest absolute Gasteiger partial charge is 0.444 e. The average Bonchev–Trinajstić information content (AvgIpc) is 3.42. The van der Waals surface area contributed by atoms with Gasteiger partial charge >= 0.3 is 18.4 Å². The monoisotopic (exact) mass is 646 g/mol. The molecule has 2 aromatic rings. The topological polar surface area (TPSA) is 154 Å². The summed E-state index contributed by atoms with van der Waals surface area (Å²) in [6.07, 6.45) is -11.2. The number of fused-ring (bicyclic) bond motifs is 5. The number of halogens is 6. The van der Waals surface area contributed by atoms with Gasteiger partial charge in [0.1, 0.15) is 11.3 Å². The predicted molar refractivity (Wildman–Crippen MR) is 143 cm³/mol. The van der Waals surface area contributed by atoms with Crippen molar-refractivity contribution in [2.24, 2.45) is 5.92 Å². The van der Waals surface area contributed by atoms with Crippen LogP contribution in [0.4, 0.5) is 36.8 Å². The van der Waals surface area contributed by atoms with Crippen molar-refractivity contribution in [1.82, 2.24) is 20.1 Å². The maximum absolute atomic E-state index is 14.5. The van der Waals surface area contributed by atoms with Gasteiger partial charge in [-0.15, -0.1) is 10.2 Å². The number of carbonyl (C=O) groups is 2. The third-order valence-corrected chi connectivity index (χ3v) is 7.63. The van der Waals surface area contributed by atoms with E-state index in [4.69, 9.17) is 9.15 Å². The van der Waals surface area contributed by atoms with Gasteiger partial charge in [0.2, 0.25) is 5.60 Å². The molecule has 246 valence electrons.